The van der Waals surface area contributed by atoms with Crippen LogP contribution in [0.4, 0.5) is 0 Å². The van der Waals surface area contributed by atoms with E-state index in [4.69, 9.17) is 14.7 Å². The average Bonchev–Trinajstić information content (AvgIpc) is 2.65. The lowest BCUT2D eigenvalue weighted by atomic mass is 10.1. The Balaban J connectivity index is 2.01. The van der Waals surface area contributed by atoms with Crippen LogP contribution in [0.3, 0.4) is 0 Å². The van der Waals surface area contributed by atoms with Crippen LogP contribution >= 0.6 is 15.9 Å². The molecule has 0 N–H and O–H groups in total. The summed E-state index contributed by atoms with van der Waals surface area (Å²) in [5.74, 6) is -0.523. The molecule has 0 saturated carbocycles. The molecule has 2 aromatic carbocycles. The van der Waals surface area contributed by atoms with Crippen LogP contribution in [0.15, 0.2) is 58.6 Å². The van der Waals surface area contributed by atoms with Gasteiger partial charge in [0.1, 0.15) is 17.4 Å². The summed E-state index contributed by atoms with van der Waals surface area (Å²) in [5.41, 5.74) is 0.885. The van der Waals surface area contributed by atoms with E-state index in [9.17, 15) is 9.59 Å². The molecule has 0 aromatic heterocycles. The van der Waals surface area contributed by atoms with Crippen molar-refractivity contribution < 1.29 is 19.1 Å². The molecule has 25 heavy (non-hydrogen) atoms. The predicted octanol–water partition coefficient (Wildman–Crippen LogP) is 3.79. The van der Waals surface area contributed by atoms with E-state index in [1.54, 1.807) is 61.7 Å². The predicted molar refractivity (Wildman–Crippen MR) is 96.0 cm³/mol. The molecule has 5 nitrogen and oxygen atoms in total. The first kappa shape index (κ1) is 18.4. The maximum atomic E-state index is 12.0. The molecule has 0 unspecified atom stereocenters. The first-order chi connectivity index (χ1) is 12.0. The lowest BCUT2D eigenvalue weighted by molar-refractivity contribution is -0.137. The highest BCUT2D eigenvalue weighted by Gasteiger charge is 2.14. The molecule has 6 heteroatoms. The standard InChI is InChI=1S/C19H14BrNO4/c1-24-17-8-2-13(3-9-17)10-15(11-21)19(23)25-12-18(22)14-4-6-16(20)7-5-14/h2-10H,12H2,1H3/b15-10+. The van der Waals surface area contributed by atoms with Crippen LogP contribution in [0.5, 0.6) is 5.75 Å². The molecule has 0 aliphatic heterocycles. The van der Waals surface area contributed by atoms with Gasteiger partial charge in [0.2, 0.25) is 0 Å². The number of Topliss-reactive ketones (excluding diaryl/α,β-unsaturated/α-hetero) is 1. The number of methoxy groups -OCH3 is 1. The third kappa shape index (κ3) is 5.30. The number of nitrogens with zero attached hydrogens (tertiary/aromatic N) is 1. The van der Waals surface area contributed by atoms with E-state index < -0.39 is 12.6 Å². The van der Waals surface area contributed by atoms with E-state index in [2.05, 4.69) is 15.9 Å². The van der Waals surface area contributed by atoms with Gasteiger partial charge in [-0.25, -0.2) is 4.79 Å². The number of ketones is 1. The number of benzene rings is 2. The zero-order chi connectivity index (χ0) is 18.2. The van der Waals surface area contributed by atoms with Gasteiger partial charge < -0.3 is 9.47 Å². The van der Waals surface area contributed by atoms with Gasteiger partial charge in [-0.1, -0.05) is 40.2 Å². The fourth-order valence-electron chi connectivity index (χ4n) is 1.93. The highest BCUT2D eigenvalue weighted by Crippen LogP contribution is 2.15. The molecule has 0 radical (unpaired) electrons. The number of rotatable bonds is 6. The largest absolute Gasteiger partial charge is 0.497 e. The molecule has 0 atom stereocenters. The molecule has 0 saturated heterocycles. The van der Waals surface area contributed by atoms with Crippen molar-refractivity contribution in [3.63, 3.8) is 0 Å². The van der Waals surface area contributed by atoms with Crippen LogP contribution in [-0.4, -0.2) is 25.5 Å². The highest BCUT2D eigenvalue weighted by molar-refractivity contribution is 9.10. The maximum absolute atomic E-state index is 12.0. The number of halogens is 1. The molecule has 0 aliphatic rings. The van der Waals surface area contributed by atoms with Crippen LogP contribution in [0.1, 0.15) is 15.9 Å². The van der Waals surface area contributed by atoms with Gasteiger partial charge in [-0.15, -0.1) is 0 Å². The zero-order valence-electron chi connectivity index (χ0n) is 13.4. The minimum absolute atomic E-state index is 0.186. The molecule has 0 bridgehead atoms. The van der Waals surface area contributed by atoms with E-state index in [-0.39, 0.29) is 11.4 Å². The SMILES string of the molecule is COc1ccc(/C=C(\C#N)C(=O)OCC(=O)c2ccc(Br)cc2)cc1. The Bertz CT molecular complexity index is 833. The molecule has 126 valence electrons. The molecule has 0 heterocycles. The van der Waals surface area contributed by atoms with E-state index in [0.29, 0.717) is 16.9 Å². The van der Waals surface area contributed by atoms with E-state index in [1.165, 1.54) is 6.08 Å². The second-order valence-electron chi connectivity index (χ2n) is 4.95. The molecule has 2 rings (SSSR count). The highest BCUT2D eigenvalue weighted by atomic mass is 79.9. The quantitative estimate of drug-likeness (QED) is 0.319. The van der Waals surface area contributed by atoms with Gasteiger partial charge >= 0.3 is 5.97 Å². The number of hydrogen-bond acceptors (Lipinski definition) is 5. The summed E-state index contributed by atoms with van der Waals surface area (Å²) >= 11 is 3.28. The summed E-state index contributed by atoms with van der Waals surface area (Å²) < 4.78 is 10.8. The van der Waals surface area contributed by atoms with Gasteiger partial charge in [0, 0.05) is 10.0 Å². The second kappa shape index (κ2) is 8.81. The first-order valence-electron chi connectivity index (χ1n) is 7.25. The fourth-order valence-corrected chi connectivity index (χ4v) is 2.20. The Hall–Kier alpha value is -2.91. The van der Waals surface area contributed by atoms with Crippen molar-refractivity contribution in [2.45, 2.75) is 0 Å². The number of carbonyl (C=O) groups excluding carboxylic acids is 2. The summed E-state index contributed by atoms with van der Waals surface area (Å²) in [6, 6.07) is 15.3. The van der Waals surface area contributed by atoms with Gasteiger partial charge in [0.25, 0.3) is 0 Å². The zero-order valence-corrected chi connectivity index (χ0v) is 14.9. The Morgan fingerprint density at radius 1 is 1.12 bits per heavy atom. The Morgan fingerprint density at radius 3 is 2.32 bits per heavy atom. The topological polar surface area (TPSA) is 76.4 Å². The smallest absolute Gasteiger partial charge is 0.349 e. The third-order valence-corrected chi connectivity index (χ3v) is 3.80. The number of esters is 1. The normalized spacial score (nSPS) is 10.7. The van der Waals surface area contributed by atoms with Gasteiger partial charge in [0.15, 0.2) is 12.4 Å². The van der Waals surface area contributed by atoms with Crippen molar-refractivity contribution in [3.05, 3.63) is 69.7 Å². The Kier molecular flexibility index (Phi) is 6.49. The molecular formula is C19H14BrNO4. The van der Waals surface area contributed by atoms with E-state index in [0.717, 1.165) is 4.47 Å². The lowest BCUT2D eigenvalue weighted by Gasteiger charge is -2.04. The van der Waals surface area contributed by atoms with Crippen molar-refractivity contribution in [1.29, 1.82) is 5.26 Å². The maximum Gasteiger partial charge on any atom is 0.349 e. The molecule has 0 fully saturated rings. The van der Waals surface area contributed by atoms with Gasteiger partial charge in [0.05, 0.1) is 7.11 Å². The molecule has 0 amide bonds. The van der Waals surface area contributed by atoms with E-state index >= 15 is 0 Å². The second-order valence-corrected chi connectivity index (χ2v) is 5.86. The molecule has 0 spiro atoms. The van der Waals surface area contributed by atoms with Crippen LogP contribution in [-0.2, 0) is 9.53 Å². The fraction of sp³-hybridized carbons (Fsp3) is 0.105. The molecular weight excluding hydrogens is 386 g/mol. The van der Waals surface area contributed by atoms with Gasteiger partial charge in [-0.3, -0.25) is 4.79 Å². The van der Waals surface area contributed by atoms with Crippen molar-refractivity contribution in [1.82, 2.24) is 0 Å². The average molecular weight is 400 g/mol. The number of nitriles is 1. The van der Waals surface area contributed by atoms with E-state index in [1.807, 2.05) is 0 Å². The summed E-state index contributed by atoms with van der Waals surface area (Å²) in [7, 11) is 1.55. The third-order valence-electron chi connectivity index (χ3n) is 3.27. The van der Waals surface area contributed by atoms with Crippen LogP contribution < -0.4 is 4.74 Å². The first-order valence-corrected chi connectivity index (χ1v) is 8.04. The summed E-state index contributed by atoms with van der Waals surface area (Å²) in [5, 5.41) is 9.14. The number of carbonyl (C=O) groups is 2. The van der Waals surface area contributed by atoms with Crippen LogP contribution in [0.25, 0.3) is 6.08 Å². The van der Waals surface area contributed by atoms with Crippen molar-refractivity contribution in [3.8, 4) is 11.8 Å². The lowest BCUT2D eigenvalue weighted by Crippen LogP contribution is -2.15. The van der Waals surface area contributed by atoms with Gasteiger partial charge in [-0.05, 0) is 35.9 Å². The van der Waals surface area contributed by atoms with Crippen LogP contribution in [0.2, 0.25) is 0 Å². The van der Waals surface area contributed by atoms with Crippen molar-refractivity contribution >= 4 is 33.8 Å². The molecule has 0 aliphatic carbocycles. The monoisotopic (exact) mass is 399 g/mol. The Labute approximate surface area is 153 Å². The number of ether oxygens (including phenoxy) is 2. The van der Waals surface area contributed by atoms with Crippen molar-refractivity contribution in [2.24, 2.45) is 0 Å². The summed E-state index contributed by atoms with van der Waals surface area (Å²) in [6.45, 7) is -0.428. The number of hydrogen-bond donors (Lipinski definition) is 0. The minimum Gasteiger partial charge on any atom is -0.497 e. The summed E-state index contributed by atoms with van der Waals surface area (Å²) in [4.78, 5) is 24.0. The molecule has 2 aromatic rings. The Morgan fingerprint density at radius 2 is 1.76 bits per heavy atom. The van der Waals surface area contributed by atoms with Crippen molar-refractivity contribution in [2.75, 3.05) is 13.7 Å². The minimum atomic E-state index is -0.844. The van der Waals surface area contributed by atoms with Gasteiger partial charge in [-0.2, -0.15) is 5.26 Å². The van der Waals surface area contributed by atoms with Crippen LogP contribution in [0, 0.1) is 11.3 Å². The summed E-state index contributed by atoms with van der Waals surface area (Å²) in [6.07, 6.45) is 1.39.